The van der Waals surface area contributed by atoms with Gasteiger partial charge in [0.15, 0.2) is 0 Å². The zero-order chi connectivity index (χ0) is 26.9. The van der Waals surface area contributed by atoms with Crippen LogP contribution in [0.2, 0.25) is 0 Å². The van der Waals surface area contributed by atoms with Crippen molar-refractivity contribution in [1.29, 1.82) is 0 Å². The summed E-state index contributed by atoms with van der Waals surface area (Å²) in [6.07, 6.45) is 3.96. The van der Waals surface area contributed by atoms with Crippen LogP contribution in [0.4, 0.5) is 11.4 Å². The Hall–Kier alpha value is -3.33. The Morgan fingerprint density at radius 1 is 0.676 bits per heavy atom. The average Bonchev–Trinajstić information content (AvgIpc) is 2.91. The molecule has 8 nitrogen and oxygen atoms in total. The maximum Gasteiger partial charge on any atom is 0.240 e. The van der Waals surface area contributed by atoms with Crippen molar-refractivity contribution in [2.75, 3.05) is 47.5 Å². The number of anilines is 2. The molecule has 0 radical (unpaired) electrons. The first kappa shape index (κ1) is 29.9. The third kappa shape index (κ3) is 11.1. The Labute approximate surface area is 225 Å². The lowest BCUT2D eigenvalue weighted by Gasteiger charge is -2.20. The van der Waals surface area contributed by atoms with E-state index in [-0.39, 0.29) is 11.8 Å². The Bertz CT molecular complexity index is 919. The highest BCUT2D eigenvalue weighted by Crippen LogP contribution is 2.15. The molecule has 9 heteroatoms. The normalized spacial score (nSPS) is 11.1. The molecular weight excluding hydrogens is 484 g/mol. The molecule has 0 heterocycles. The van der Waals surface area contributed by atoms with Crippen LogP contribution in [0.3, 0.4) is 0 Å². The number of amides is 2. The topological polar surface area (TPSA) is 89.4 Å². The first-order valence-corrected chi connectivity index (χ1v) is 14.1. The molecule has 0 aliphatic heterocycles. The molecule has 0 aliphatic rings. The number of rotatable bonds is 16. The predicted octanol–water partition coefficient (Wildman–Crippen LogP) is 4.49. The highest BCUT2D eigenvalue weighted by molar-refractivity contribution is 7.99. The second-order valence-corrected chi connectivity index (χ2v) is 9.45. The minimum Gasteiger partial charge on any atom is -0.372 e. The fourth-order valence-corrected chi connectivity index (χ4v) is 4.48. The Morgan fingerprint density at radius 3 is 1.35 bits per heavy atom. The van der Waals surface area contributed by atoms with Gasteiger partial charge in [0, 0.05) is 61.9 Å². The van der Waals surface area contributed by atoms with E-state index >= 15 is 0 Å². The molecule has 2 rings (SSSR count). The second kappa shape index (κ2) is 17.2. The van der Waals surface area contributed by atoms with Gasteiger partial charge in [0.05, 0.1) is 12.4 Å². The molecule has 0 fully saturated rings. The van der Waals surface area contributed by atoms with E-state index in [1.807, 2.05) is 24.3 Å². The highest BCUT2D eigenvalue weighted by atomic mass is 32.2. The molecule has 0 unspecified atom stereocenters. The van der Waals surface area contributed by atoms with Crippen LogP contribution in [-0.4, -0.2) is 61.9 Å². The molecule has 2 amide bonds. The van der Waals surface area contributed by atoms with Crippen LogP contribution < -0.4 is 20.7 Å². The smallest absolute Gasteiger partial charge is 0.240 e. The Morgan fingerprint density at radius 2 is 1.03 bits per heavy atom. The molecule has 0 saturated carbocycles. The SMILES string of the molecule is CCN(CC)c1ccc(C=NNC(=O)CCSCCC(=O)NN=Cc2ccc(N(CC)CC)cc2)cc1. The lowest BCUT2D eigenvalue weighted by atomic mass is 10.2. The van der Waals surface area contributed by atoms with Gasteiger partial charge in [-0.15, -0.1) is 0 Å². The van der Waals surface area contributed by atoms with E-state index in [1.165, 1.54) is 11.4 Å². The minimum absolute atomic E-state index is 0.149. The number of carbonyl (C=O) groups excluding carboxylic acids is 2. The van der Waals surface area contributed by atoms with Crippen molar-refractivity contribution in [1.82, 2.24) is 10.9 Å². The molecule has 0 atom stereocenters. The van der Waals surface area contributed by atoms with Crippen LogP contribution in [0.5, 0.6) is 0 Å². The number of thioether (sulfide) groups is 1. The third-order valence-corrected chi connectivity index (χ3v) is 6.78. The summed E-state index contributed by atoms with van der Waals surface area (Å²) < 4.78 is 0. The summed E-state index contributed by atoms with van der Waals surface area (Å²) in [5, 5.41) is 8.07. The van der Waals surface area contributed by atoms with Crippen LogP contribution in [-0.2, 0) is 9.59 Å². The average molecular weight is 525 g/mol. The van der Waals surface area contributed by atoms with Crippen molar-refractivity contribution >= 4 is 47.4 Å². The summed E-state index contributed by atoms with van der Waals surface area (Å²) in [6.45, 7) is 12.4. The van der Waals surface area contributed by atoms with Gasteiger partial charge in [0.2, 0.25) is 11.8 Å². The van der Waals surface area contributed by atoms with Crippen molar-refractivity contribution in [2.24, 2.45) is 10.2 Å². The van der Waals surface area contributed by atoms with Crippen LogP contribution in [0.15, 0.2) is 58.7 Å². The van der Waals surface area contributed by atoms with Crippen molar-refractivity contribution in [3.8, 4) is 0 Å². The summed E-state index contributed by atoms with van der Waals surface area (Å²) in [5.74, 6) is 0.944. The van der Waals surface area contributed by atoms with Gasteiger partial charge in [0.1, 0.15) is 0 Å². The molecule has 37 heavy (non-hydrogen) atoms. The summed E-state index contributed by atoms with van der Waals surface area (Å²) in [7, 11) is 0. The van der Waals surface area contributed by atoms with Gasteiger partial charge in [-0.3, -0.25) is 9.59 Å². The molecule has 2 N–H and O–H groups in total. The van der Waals surface area contributed by atoms with Gasteiger partial charge in [-0.2, -0.15) is 22.0 Å². The third-order valence-electron chi connectivity index (χ3n) is 5.80. The van der Waals surface area contributed by atoms with E-state index in [1.54, 1.807) is 24.2 Å². The highest BCUT2D eigenvalue weighted by Gasteiger charge is 2.04. The molecule has 2 aromatic rings. The number of nitrogens with zero attached hydrogens (tertiary/aromatic N) is 4. The summed E-state index contributed by atoms with van der Waals surface area (Å²) in [4.78, 5) is 28.5. The zero-order valence-electron chi connectivity index (χ0n) is 22.4. The molecule has 0 saturated heterocycles. The number of hydrogen-bond donors (Lipinski definition) is 2. The van der Waals surface area contributed by atoms with Crippen LogP contribution >= 0.6 is 11.8 Å². The summed E-state index contributed by atoms with van der Waals surface area (Å²) in [5.41, 5.74) is 9.31. The second-order valence-electron chi connectivity index (χ2n) is 8.23. The molecule has 2 aromatic carbocycles. The van der Waals surface area contributed by atoms with E-state index in [9.17, 15) is 9.59 Å². The maximum absolute atomic E-state index is 12.0. The first-order chi connectivity index (χ1) is 18.0. The molecule has 200 valence electrons. The van der Waals surface area contributed by atoms with Crippen molar-refractivity contribution < 1.29 is 9.59 Å². The molecule has 0 aromatic heterocycles. The molecular formula is C28H40N6O2S. The van der Waals surface area contributed by atoms with Gasteiger partial charge in [0.25, 0.3) is 0 Å². The Kier molecular flexibility index (Phi) is 13.9. The van der Waals surface area contributed by atoms with Crippen molar-refractivity contribution in [3.05, 3.63) is 59.7 Å². The quantitative estimate of drug-likeness (QED) is 0.192. The number of hydrogen-bond acceptors (Lipinski definition) is 7. The fourth-order valence-electron chi connectivity index (χ4n) is 3.62. The number of nitrogens with one attached hydrogen (secondary N) is 2. The zero-order valence-corrected chi connectivity index (χ0v) is 23.3. The van der Waals surface area contributed by atoms with Crippen molar-refractivity contribution in [2.45, 2.75) is 40.5 Å². The molecule has 0 aliphatic carbocycles. The predicted molar refractivity (Wildman–Crippen MR) is 158 cm³/mol. The number of benzene rings is 2. The van der Waals surface area contributed by atoms with Crippen molar-refractivity contribution in [3.63, 3.8) is 0 Å². The molecule has 0 spiro atoms. The minimum atomic E-state index is -0.149. The van der Waals surface area contributed by atoms with E-state index < -0.39 is 0 Å². The lowest BCUT2D eigenvalue weighted by molar-refractivity contribution is -0.121. The fraction of sp³-hybridized carbons (Fsp3) is 0.429. The van der Waals surface area contributed by atoms with E-state index in [0.717, 1.165) is 37.3 Å². The standard InChI is InChI=1S/C28H40N6O2S/c1-5-33(6-2)25-13-9-23(10-14-25)21-29-31-27(35)17-19-37-20-18-28(36)32-30-22-24-11-15-26(16-12-24)34(7-3)8-4/h9-16,21-22H,5-8,17-20H2,1-4H3,(H,31,35)(H,32,36). The van der Waals surface area contributed by atoms with Crippen LogP contribution in [0.25, 0.3) is 0 Å². The van der Waals surface area contributed by atoms with Crippen LogP contribution in [0.1, 0.15) is 51.7 Å². The Balaban J connectivity index is 1.58. The maximum atomic E-state index is 12.0. The molecule has 0 bridgehead atoms. The van der Waals surface area contributed by atoms with Gasteiger partial charge >= 0.3 is 0 Å². The summed E-state index contributed by atoms with van der Waals surface area (Å²) in [6, 6.07) is 16.2. The van der Waals surface area contributed by atoms with Gasteiger partial charge in [-0.1, -0.05) is 24.3 Å². The van der Waals surface area contributed by atoms with E-state index in [0.29, 0.717) is 24.3 Å². The van der Waals surface area contributed by atoms with Gasteiger partial charge in [-0.25, -0.2) is 10.9 Å². The van der Waals surface area contributed by atoms with E-state index in [4.69, 9.17) is 0 Å². The largest absolute Gasteiger partial charge is 0.372 e. The van der Waals surface area contributed by atoms with Gasteiger partial charge in [-0.05, 0) is 63.1 Å². The monoisotopic (exact) mass is 524 g/mol. The lowest BCUT2D eigenvalue weighted by Crippen LogP contribution is -2.21. The summed E-state index contributed by atoms with van der Waals surface area (Å²) >= 11 is 1.55. The van der Waals surface area contributed by atoms with Crippen LogP contribution in [0, 0.1) is 0 Å². The van der Waals surface area contributed by atoms with Gasteiger partial charge < -0.3 is 9.80 Å². The number of carbonyl (C=O) groups is 2. The first-order valence-electron chi connectivity index (χ1n) is 12.9. The number of hydrazone groups is 2. The van der Waals surface area contributed by atoms with E-state index in [2.05, 4.69) is 82.8 Å².